The summed E-state index contributed by atoms with van der Waals surface area (Å²) in [6.07, 6.45) is 2.48. The second-order valence-electron chi connectivity index (χ2n) is 6.66. The molecule has 2 unspecified atom stereocenters. The maximum atomic E-state index is 11.9. The summed E-state index contributed by atoms with van der Waals surface area (Å²) in [6, 6.07) is 0. The van der Waals surface area contributed by atoms with Crippen molar-refractivity contribution in [3.63, 3.8) is 0 Å². The third kappa shape index (κ3) is 9.24. The number of rotatable bonds is 13. The highest BCUT2D eigenvalue weighted by Crippen LogP contribution is 2.24. The van der Waals surface area contributed by atoms with Gasteiger partial charge in [-0.1, -0.05) is 26.7 Å². The topological polar surface area (TPSA) is 129 Å². The SMILES string of the molecule is CCCCNC(=O)OC(C)C(N)(CCCN)C(C)OC(=O)NCCCC. The highest BCUT2D eigenvalue weighted by molar-refractivity contribution is 5.68. The number of amides is 2. The number of nitrogens with two attached hydrogens (primary N) is 2. The summed E-state index contributed by atoms with van der Waals surface area (Å²) in [5, 5.41) is 5.39. The Morgan fingerprint density at radius 3 is 1.69 bits per heavy atom. The molecule has 0 radical (unpaired) electrons. The fourth-order valence-electron chi connectivity index (χ4n) is 2.50. The van der Waals surface area contributed by atoms with Gasteiger partial charge in [0.1, 0.15) is 12.2 Å². The van der Waals surface area contributed by atoms with Crippen LogP contribution in [0, 0.1) is 0 Å². The molecule has 8 nitrogen and oxygen atoms in total. The highest BCUT2D eigenvalue weighted by atomic mass is 16.6. The molecule has 0 aromatic carbocycles. The lowest BCUT2D eigenvalue weighted by Crippen LogP contribution is -2.61. The average Bonchev–Trinajstić information content (AvgIpc) is 2.59. The molecule has 0 aliphatic carbocycles. The van der Waals surface area contributed by atoms with Crippen molar-refractivity contribution in [1.82, 2.24) is 10.6 Å². The molecule has 0 saturated heterocycles. The maximum absolute atomic E-state index is 11.9. The molecule has 6 N–H and O–H groups in total. The second kappa shape index (κ2) is 13.6. The van der Waals surface area contributed by atoms with Crippen molar-refractivity contribution >= 4 is 12.2 Å². The Bertz CT molecular complexity index is 377. The first kappa shape index (κ1) is 24.5. The molecule has 0 saturated carbocycles. The van der Waals surface area contributed by atoms with Gasteiger partial charge in [0.05, 0.1) is 5.54 Å². The van der Waals surface area contributed by atoms with E-state index in [0.717, 1.165) is 25.7 Å². The Kier molecular flexibility index (Phi) is 12.8. The van der Waals surface area contributed by atoms with Crippen molar-refractivity contribution < 1.29 is 19.1 Å². The summed E-state index contributed by atoms with van der Waals surface area (Å²) in [5.41, 5.74) is 11.1. The predicted molar refractivity (Wildman–Crippen MR) is 103 cm³/mol. The third-order valence-corrected chi connectivity index (χ3v) is 4.49. The number of ether oxygens (including phenoxy) is 2. The first-order valence-electron chi connectivity index (χ1n) is 9.69. The monoisotopic (exact) mass is 374 g/mol. The van der Waals surface area contributed by atoms with E-state index < -0.39 is 29.9 Å². The Hall–Kier alpha value is -1.54. The van der Waals surface area contributed by atoms with E-state index in [0.29, 0.717) is 32.5 Å². The van der Waals surface area contributed by atoms with Crippen LogP contribution in [0.1, 0.15) is 66.2 Å². The molecule has 0 spiro atoms. The molecule has 0 heterocycles. The van der Waals surface area contributed by atoms with E-state index in [4.69, 9.17) is 20.9 Å². The van der Waals surface area contributed by atoms with E-state index in [1.54, 1.807) is 13.8 Å². The van der Waals surface area contributed by atoms with E-state index in [-0.39, 0.29) is 0 Å². The normalized spacial score (nSPS) is 15.5. The first-order chi connectivity index (χ1) is 12.3. The molecule has 0 aromatic rings. The predicted octanol–water partition coefficient (Wildman–Crippen LogP) is 2.25. The maximum Gasteiger partial charge on any atom is 0.407 e. The molecule has 26 heavy (non-hydrogen) atoms. The standard InChI is InChI=1S/C18H38N4O4/c1-5-7-12-21-16(23)25-14(3)18(20,10-9-11-19)15(4)26-17(24)22-13-8-6-2/h14-15H,5-13,19-20H2,1-4H3,(H,21,23)(H,22,24). The van der Waals surface area contributed by atoms with Crippen LogP contribution >= 0.6 is 0 Å². The molecular formula is C18H38N4O4. The summed E-state index contributed by atoms with van der Waals surface area (Å²) < 4.78 is 10.9. The molecule has 0 bridgehead atoms. The van der Waals surface area contributed by atoms with Crippen LogP contribution in [0.3, 0.4) is 0 Å². The average molecular weight is 375 g/mol. The fraction of sp³-hybridized carbons (Fsp3) is 0.889. The number of hydrogen-bond acceptors (Lipinski definition) is 6. The zero-order valence-corrected chi connectivity index (χ0v) is 16.8. The van der Waals surface area contributed by atoms with Gasteiger partial charge in [0.2, 0.25) is 0 Å². The van der Waals surface area contributed by atoms with Gasteiger partial charge in [0, 0.05) is 13.1 Å². The Morgan fingerprint density at radius 2 is 1.35 bits per heavy atom. The van der Waals surface area contributed by atoms with E-state index in [1.807, 2.05) is 13.8 Å². The Labute approximate surface area is 157 Å². The quantitative estimate of drug-likeness (QED) is 0.366. The smallest absolute Gasteiger partial charge is 0.407 e. The van der Waals surface area contributed by atoms with Gasteiger partial charge in [-0.15, -0.1) is 0 Å². The minimum Gasteiger partial charge on any atom is -0.444 e. The van der Waals surface area contributed by atoms with Crippen LogP contribution < -0.4 is 22.1 Å². The van der Waals surface area contributed by atoms with Crippen molar-refractivity contribution in [3.8, 4) is 0 Å². The summed E-state index contributed by atoms with van der Waals surface area (Å²) in [4.78, 5) is 23.9. The summed E-state index contributed by atoms with van der Waals surface area (Å²) in [6.45, 7) is 9.05. The van der Waals surface area contributed by atoms with E-state index in [1.165, 1.54) is 0 Å². The van der Waals surface area contributed by atoms with E-state index >= 15 is 0 Å². The number of unbranched alkanes of at least 4 members (excludes halogenated alkanes) is 2. The van der Waals surface area contributed by atoms with Crippen molar-refractivity contribution in [1.29, 1.82) is 0 Å². The molecule has 0 aromatic heterocycles. The van der Waals surface area contributed by atoms with Gasteiger partial charge in [-0.25, -0.2) is 9.59 Å². The zero-order valence-electron chi connectivity index (χ0n) is 16.8. The van der Waals surface area contributed by atoms with Crippen LogP contribution in [0.4, 0.5) is 9.59 Å². The van der Waals surface area contributed by atoms with E-state index in [9.17, 15) is 9.59 Å². The van der Waals surface area contributed by atoms with E-state index in [2.05, 4.69) is 10.6 Å². The molecule has 0 fully saturated rings. The Balaban J connectivity index is 4.81. The number of carbonyl (C=O) groups is 2. The lowest BCUT2D eigenvalue weighted by molar-refractivity contribution is -0.0179. The number of alkyl carbamates (subject to hydrolysis) is 2. The van der Waals surface area contributed by atoms with Gasteiger partial charge in [-0.05, 0) is 46.1 Å². The van der Waals surface area contributed by atoms with Crippen LogP contribution in [0.25, 0.3) is 0 Å². The number of hydrogen-bond donors (Lipinski definition) is 4. The van der Waals surface area contributed by atoms with Crippen molar-refractivity contribution in [2.24, 2.45) is 11.5 Å². The number of carbonyl (C=O) groups excluding carboxylic acids is 2. The molecule has 2 amide bonds. The van der Waals surface area contributed by atoms with Crippen LogP contribution in [0.15, 0.2) is 0 Å². The summed E-state index contributed by atoms with van der Waals surface area (Å²) in [7, 11) is 0. The van der Waals surface area contributed by atoms with Crippen molar-refractivity contribution in [3.05, 3.63) is 0 Å². The molecular weight excluding hydrogens is 336 g/mol. The minimum absolute atomic E-state index is 0.448. The van der Waals surface area contributed by atoms with Crippen LogP contribution in [0.5, 0.6) is 0 Å². The zero-order chi connectivity index (χ0) is 20.0. The minimum atomic E-state index is -1.02. The molecule has 154 valence electrons. The summed E-state index contributed by atoms with van der Waals surface area (Å²) in [5.74, 6) is 0. The lowest BCUT2D eigenvalue weighted by atomic mass is 9.84. The van der Waals surface area contributed by atoms with Gasteiger partial charge in [0.15, 0.2) is 0 Å². The molecule has 0 aliphatic rings. The highest BCUT2D eigenvalue weighted by Gasteiger charge is 2.42. The number of nitrogens with one attached hydrogen (secondary N) is 2. The first-order valence-corrected chi connectivity index (χ1v) is 9.69. The van der Waals surface area contributed by atoms with Crippen LogP contribution in [0.2, 0.25) is 0 Å². The van der Waals surface area contributed by atoms with Crippen molar-refractivity contribution in [2.75, 3.05) is 19.6 Å². The van der Waals surface area contributed by atoms with Gasteiger partial charge in [0.25, 0.3) is 0 Å². The Morgan fingerprint density at radius 1 is 0.923 bits per heavy atom. The van der Waals surface area contributed by atoms with Gasteiger partial charge < -0.3 is 31.6 Å². The molecule has 0 rings (SSSR count). The largest absolute Gasteiger partial charge is 0.444 e. The van der Waals surface area contributed by atoms with Crippen LogP contribution in [-0.4, -0.2) is 49.6 Å². The lowest BCUT2D eigenvalue weighted by Gasteiger charge is -2.39. The van der Waals surface area contributed by atoms with Crippen LogP contribution in [-0.2, 0) is 9.47 Å². The fourth-order valence-corrected chi connectivity index (χ4v) is 2.50. The second-order valence-corrected chi connectivity index (χ2v) is 6.66. The molecule has 2 atom stereocenters. The summed E-state index contributed by atoms with van der Waals surface area (Å²) >= 11 is 0. The van der Waals surface area contributed by atoms with Gasteiger partial charge in [-0.3, -0.25) is 0 Å². The molecule has 8 heteroatoms. The third-order valence-electron chi connectivity index (χ3n) is 4.49. The van der Waals surface area contributed by atoms with Crippen molar-refractivity contribution in [2.45, 2.75) is 84.0 Å². The van der Waals surface area contributed by atoms with Gasteiger partial charge >= 0.3 is 12.2 Å². The van der Waals surface area contributed by atoms with Gasteiger partial charge in [-0.2, -0.15) is 0 Å². The molecule has 0 aliphatic heterocycles.